The number of methoxy groups -OCH3 is 2. The second kappa shape index (κ2) is 8.60. The molecule has 1 heterocycles. The summed E-state index contributed by atoms with van der Waals surface area (Å²) in [4.78, 5) is 26.8. The van der Waals surface area contributed by atoms with E-state index in [2.05, 4.69) is 10.6 Å². The number of amides is 3. The fraction of sp³-hybridized carbons (Fsp3) is 0.300. The highest BCUT2D eigenvalue weighted by Gasteiger charge is 2.34. The Balaban J connectivity index is 1.73. The van der Waals surface area contributed by atoms with Crippen LogP contribution in [0.25, 0.3) is 0 Å². The molecule has 0 aromatic heterocycles. The zero-order chi connectivity index (χ0) is 20.1. The van der Waals surface area contributed by atoms with Crippen molar-refractivity contribution in [1.29, 1.82) is 0 Å². The van der Waals surface area contributed by atoms with Crippen LogP contribution in [0.5, 0.6) is 11.5 Å². The molecular weight excluding hydrogens is 365 g/mol. The summed E-state index contributed by atoms with van der Waals surface area (Å²) < 4.78 is 24.2. The third kappa shape index (κ3) is 4.16. The summed E-state index contributed by atoms with van der Waals surface area (Å²) in [6.07, 6.45) is 1.20. The van der Waals surface area contributed by atoms with Gasteiger partial charge in [-0.25, -0.2) is 9.18 Å². The van der Waals surface area contributed by atoms with E-state index in [0.29, 0.717) is 36.6 Å². The lowest BCUT2D eigenvalue weighted by atomic mass is 10.2. The maximum Gasteiger partial charge on any atom is 0.322 e. The third-order valence-corrected chi connectivity index (χ3v) is 4.60. The average Bonchev–Trinajstić information content (AvgIpc) is 3.20. The summed E-state index contributed by atoms with van der Waals surface area (Å²) in [5.74, 6) is 0.177. The van der Waals surface area contributed by atoms with Crippen molar-refractivity contribution < 1.29 is 23.5 Å². The molecule has 8 heteroatoms. The molecule has 28 heavy (non-hydrogen) atoms. The summed E-state index contributed by atoms with van der Waals surface area (Å²) in [6, 6.07) is 9.78. The second-order valence-electron chi connectivity index (χ2n) is 6.32. The van der Waals surface area contributed by atoms with Crippen LogP contribution in [0.2, 0.25) is 0 Å². The van der Waals surface area contributed by atoms with Crippen LogP contribution >= 0.6 is 0 Å². The first-order chi connectivity index (χ1) is 13.5. The molecule has 1 atom stereocenters. The van der Waals surface area contributed by atoms with Gasteiger partial charge < -0.3 is 25.0 Å². The van der Waals surface area contributed by atoms with Crippen molar-refractivity contribution >= 4 is 23.3 Å². The molecule has 2 aromatic carbocycles. The third-order valence-electron chi connectivity index (χ3n) is 4.60. The second-order valence-corrected chi connectivity index (χ2v) is 6.32. The van der Waals surface area contributed by atoms with Crippen LogP contribution in [-0.4, -0.2) is 43.6 Å². The van der Waals surface area contributed by atoms with Crippen molar-refractivity contribution in [2.24, 2.45) is 0 Å². The Labute approximate surface area is 162 Å². The molecule has 3 amide bonds. The molecule has 2 N–H and O–H groups in total. The number of urea groups is 1. The number of likely N-dealkylation sites (tertiary alicyclic amines) is 1. The number of hydrogen-bond donors (Lipinski definition) is 2. The number of anilines is 2. The van der Waals surface area contributed by atoms with Gasteiger partial charge in [-0.1, -0.05) is 12.1 Å². The lowest BCUT2D eigenvalue weighted by Crippen LogP contribution is -2.45. The zero-order valence-electron chi connectivity index (χ0n) is 15.7. The minimum absolute atomic E-state index is 0.0769. The Morgan fingerprint density at radius 1 is 1.07 bits per heavy atom. The number of nitrogens with zero attached hydrogens (tertiary/aromatic N) is 1. The quantitative estimate of drug-likeness (QED) is 0.823. The molecule has 148 valence electrons. The lowest BCUT2D eigenvalue weighted by Gasteiger charge is -2.24. The van der Waals surface area contributed by atoms with Crippen LogP contribution < -0.4 is 20.1 Å². The maximum absolute atomic E-state index is 13.8. The van der Waals surface area contributed by atoms with Gasteiger partial charge in [0.1, 0.15) is 23.4 Å². The summed E-state index contributed by atoms with van der Waals surface area (Å²) in [7, 11) is 3.03. The van der Waals surface area contributed by atoms with Crippen LogP contribution in [0.3, 0.4) is 0 Å². The molecule has 0 spiro atoms. The number of carbonyl (C=O) groups is 2. The van der Waals surface area contributed by atoms with Crippen molar-refractivity contribution in [3.05, 3.63) is 48.3 Å². The smallest absolute Gasteiger partial charge is 0.322 e. The number of hydrogen-bond acceptors (Lipinski definition) is 4. The van der Waals surface area contributed by atoms with Crippen molar-refractivity contribution in [1.82, 2.24) is 4.90 Å². The average molecular weight is 387 g/mol. The van der Waals surface area contributed by atoms with E-state index in [1.807, 2.05) is 0 Å². The summed E-state index contributed by atoms with van der Waals surface area (Å²) in [6.45, 7) is 0.410. The first-order valence-corrected chi connectivity index (χ1v) is 8.88. The fourth-order valence-electron chi connectivity index (χ4n) is 3.16. The largest absolute Gasteiger partial charge is 0.497 e. The molecule has 1 fully saturated rings. The van der Waals surface area contributed by atoms with E-state index in [1.165, 1.54) is 31.3 Å². The molecule has 0 radical (unpaired) electrons. The maximum atomic E-state index is 13.8. The van der Waals surface area contributed by atoms with Gasteiger partial charge in [-0.2, -0.15) is 0 Å². The number of para-hydroxylation sites is 1. The Morgan fingerprint density at radius 3 is 2.57 bits per heavy atom. The number of rotatable bonds is 5. The van der Waals surface area contributed by atoms with E-state index < -0.39 is 17.9 Å². The molecule has 7 nitrogen and oxygen atoms in total. The Hall–Kier alpha value is -3.29. The van der Waals surface area contributed by atoms with Gasteiger partial charge >= 0.3 is 6.03 Å². The number of ether oxygens (including phenoxy) is 2. The Kier molecular flexibility index (Phi) is 5.98. The van der Waals surface area contributed by atoms with E-state index in [9.17, 15) is 14.0 Å². The Morgan fingerprint density at radius 2 is 1.86 bits per heavy atom. The molecule has 0 aliphatic carbocycles. The van der Waals surface area contributed by atoms with Gasteiger partial charge in [-0.05, 0) is 37.1 Å². The zero-order valence-corrected chi connectivity index (χ0v) is 15.7. The molecular formula is C20H22FN3O4. The highest BCUT2D eigenvalue weighted by molar-refractivity contribution is 6.00. The van der Waals surface area contributed by atoms with Crippen molar-refractivity contribution in [2.45, 2.75) is 18.9 Å². The van der Waals surface area contributed by atoms with Crippen LogP contribution in [-0.2, 0) is 4.79 Å². The van der Waals surface area contributed by atoms with Gasteiger partial charge in [0.2, 0.25) is 5.91 Å². The first-order valence-electron chi connectivity index (χ1n) is 8.88. The van der Waals surface area contributed by atoms with Gasteiger partial charge in [0.05, 0.1) is 25.6 Å². The fourth-order valence-corrected chi connectivity index (χ4v) is 3.16. The predicted octanol–water partition coefficient (Wildman–Crippen LogP) is 3.48. The van der Waals surface area contributed by atoms with E-state index in [4.69, 9.17) is 9.47 Å². The molecule has 1 aliphatic rings. The predicted molar refractivity (Wildman–Crippen MR) is 103 cm³/mol. The summed E-state index contributed by atoms with van der Waals surface area (Å²) in [5.41, 5.74) is 0.529. The van der Waals surface area contributed by atoms with E-state index >= 15 is 0 Å². The van der Waals surface area contributed by atoms with E-state index in [-0.39, 0.29) is 11.6 Å². The summed E-state index contributed by atoms with van der Waals surface area (Å²) in [5, 5.41) is 5.33. The van der Waals surface area contributed by atoms with Crippen LogP contribution in [0, 0.1) is 5.82 Å². The molecule has 0 unspecified atom stereocenters. The minimum Gasteiger partial charge on any atom is -0.497 e. The van der Waals surface area contributed by atoms with Crippen molar-refractivity contribution in [3.8, 4) is 11.5 Å². The van der Waals surface area contributed by atoms with Gasteiger partial charge in [0.25, 0.3) is 0 Å². The highest BCUT2D eigenvalue weighted by Crippen LogP contribution is 2.30. The normalized spacial score (nSPS) is 15.8. The van der Waals surface area contributed by atoms with Gasteiger partial charge in [-0.15, -0.1) is 0 Å². The van der Waals surface area contributed by atoms with Gasteiger partial charge in [0.15, 0.2) is 0 Å². The SMILES string of the molecule is COc1ccc(OC)c(NC(=O)[C@@H]2CCCN2C(=O)Nc2ccccc2F)c1. The van der Waals surface area contributed by atoms with Gasteiger partial charge in [0, 0.05) is 12.6 Å². The molecule has 0 bridgehead atoms. The number of halogens is 1. The molecule has 3 rings (SSSR count). The number of carbonyl (C=O) groups excluding carboxylic acids is 2. The molecule has 1 saturated heterocycles. The van der Waals surface area contributed by atoms with Crippen molar-refractivity contribution in [3.63, 3.8) is 0 Å². The minimum atomic E-state index is -0.664. The van der Waals surface area contributed by atoms with E-state index in [1.54, 1.807) is 30.3 Å². The highest BCUT2D eigenvalue weighted by atomic mass is 19.1. The number of benzene rings is 2. The first kappa shape index (κ1) is 19.5. The monoisotopic (exact) mass is 387 g/mol. The molecule has 0 saturated carbocycles. The lowest BCUT2D eigenvalue weighted by molar-refractivity contribution is -0.119. The standard InChI is InChI=1S/C20H22FN3O4/c1-27-13-9-10-18(28-2)16(12-13)22-19(25)17-8-5-11-24(17)20(26)23-15-7-4-3-6-14(15)21/h3-4,6-7,9-10,12,17H,5,8,11H2,1-2H3,(H,22,25)(H,23,26)/t17-/m0/s1. The van der Waals surface area contributed by atoms with Crippen LogP contribution in [0.15, 0.2) is 42.5 Å². The molecule has 2 aromatic rings. The van der Waals surface area contributed by atoms with Gasteiger partial charge in [-0.3, -0.25) is 4.79 Å². The number of nitrogens with one attached hydrogen (secondary N) is 2. The van der Waals surface area contributed by atoms with Crippen LogP contribution in [0.4, 0.5) is 20.6 Å². The molecule has 1 aliphatic heterocycles. The Bertz CT molecular complexity index is 874. The van der Waals surface area contributed by atoms with E-state index in [0.717, 1.165) is 0 Å². The summed E-state index contributed by atoms with van der Waals surface area (Å²) >= 11 is 0. The van der Waals surface area contributed by atoms with Crippen LogP contribution in [0.1, 0.15) is 12.8 Å². The van der Waals surface area contributed by atoms with Crippen molar-refractivity contribution in [2.75, 3.05) is 31.4 Å². The topological polar surface area (TPSA) is 79.9 Å².